The smallest absolute Gasteiger partial charge is 0.264 e. The highest BCUT2D eigenvalue weighted by molar-refractivity contribution is 14.1. The second-order valence-electron chi connectivity index (χ2n) is 6.26. The van der Waals surface area contributed by atoms with Crippen molar-refractivity contribution in [2.75, 3.05) is 5.32 Å². The molecule has 1 N–H and O–H groups in total. The normalized spacial score (nSPS) is 12.2. The molecule has 0 spiro atoms. The Kier molecular flexibility index (Phi) is 5.65. The Hall–Kier alpha value is -1.97. The van der Waals surface area contributed by atoms with Crippen LogP contribution in [0.25, 0.3) is 16.5 Å². The number of para-hydroxylation sites is 1. The molecule has 0 aliphatic rings. The van der Waals surface area contributed by atoms with Crippen molar-refractivity contribution in [2.24, 2.45) is 0 Å². The number of anilines is 1. The molecule has 0 radical (unpaired) electrons. The van der Waals surface area contributed by atoms with Crippen molar-refractivity contribution in [3.63, 3.8) is 0 Å². The second kappa shape index (κ2) is 8.18. The van der Waals surface area contributed by atoms with E-state index in [1.165, 1.54) is 11.5 Å². The molecule has 4 aromatic rings. The fourth-order valence-electron chi connectivity index (χ4n) is 3.13. The van der Waals surface area contributed by atoms with Crippen molar-refractivity contribution in [3.05, 3.63) is 81.5 Å². The van der Waals surface area contributed by atoms with Gasteiger partial charge < -0.3 is 5.32 Å². The Morgan fingerprint density at radius 1 is 1.21 bits per heavy atom. The van der Waals surface area contributed by atoms with Crippen molar-refractivity contribution in [1.29, 1.82) is 0 Å². The quantitative estimate of drug-likeness (QED) is 0.274. The van der Waals surface area contributed by atoms with E-state index in [0.717, 1.165) is 32.2 Å². The fourth-order valence-corrected chi connectivity index (χ4v) is 4.64. The average Bonchev–Trinajstić information content (AvgIpc) is 3.16. The molecule has 8 heteroatoms. The minimum absolute atomic E-state index is 0.136. The number of pyridine rings is 1. The number of aromatic nitrogens is 3. The molecule has 28 heavy (non-hydrogen) atoms. The zero-order valence-electron chi connectivity index (χ0n) is 14.9. The zero-order valence-corrected chi connectivity index (χ0v) is 18.6. The maximum Gasteiger partial charge on any atom is 0.264 e. The predicted molar refractivity (Wildman–Crippen MR) is 124 cm³/mol. The number of halogens is 2. The van der Waals surface area contributed by atoms with Crippen molar-refractivity contribution in [2.45, 2.75) is 17.4 Å². The summed E-state index contributed by atoms with van der Waals surface area (Å²) in [5, 5.41) is 5.90. The van der Waals surface area contributed by atoms with Crippen LogP contribution >= 0.6 is 45.7 Å². The Bertz CT molecular complexity index is 1190. The van der Waals surface area contributed by atoms with Crippen molar-refractivity contribution in [3.8, 4) is 5.69 Å². The Morgan fingerprint density at radius 2 is 2.00 bits per heavy atom. The molecule has 0 aliphatic heterocycles. The third kappa shape index (κ3) is 3.66. The van der Waals surface area contributed by atoms with Crippen LogP contribution < -0.4 is 10.9 Å². The van der Waals surface area contributed by atoms with E-state index in [-0.39, 0.29) is 11.6 Å². The number of nitrogens with one attached hydrogen (secondary N) is 1. The Labute approximate surface area is 184 Å². The number of nitrogens with zero attached hydrogens (tertiary/aromatic N) is 3. The second-order valence-corrected chi connectivity index (χ2v) is 8.19. The van der Waals surface area contributed by atoms with Crippen LogP contribution in [-0.2, 0) is 4.43 Å². The van der Waals surface area contributed by atoms with Gasteiger partial charge in [0.25, 0.3) is 5.56 Å². The summed E-state index contributed by atoms with van der Waals surface area (Å²) in [6, 6.07) is 16.9. The first-order valence-corrected chi connectivity index (χ1v) is 11.3. The standard InChI is InChI=1S/C20H16ClIN4OS/c1-12(23-20-24-17(11-22)25-28-20)16-10-13-6-5-9-15(21)18(13)19(27)26(16)14-7-3-2-4-8-14/h2-10,12H,11H2,1H3,(H,23,24,25)/t12-/m0/s1. The van der Waals surface area contributed by atoms with E-state index >= 15 is 0 Å². The largest absolute Gasteiger partial charge is 0.352 e. The van der Waals surface area contributed by atoms with Crippen LogP contribution in [0.4, 0.5) is 5.13 Å². The highest BCUT2D eigenvalue weighted by Gasteiger charge is 2.18. The monoisotopic (exact) mass is 522 g/mol. The lowest BCUT2D eigenvalue weighted by atomic mass is 10.1. The molecule has 0 amide bonds. The van der Waals surface area contributed by atoms with Crippen molar-refractivity contribution >= 4 is 61.6 Å². The van der Waals surface area contributed by atoms with Gasteiger partial charge in [-0.2, -0.15) is 4.37 Å². The summed E-state index contributed by atoms with van der Waals surface area (Å²) in [4.78, 5) is 17.9. The highest BCUT2D eigenvalue weighted by atomic mass is 127. The number of benzene rings is 2. The lowest BCUT2D eigenvalue weighted by Gasteiger charge is -2.20. The van der Waals surface area contributed by atoms with Gasteiger partial charge in [0.2, 0.25) is 5.13 Å². The Morgan fingerprint density at radius 3 is 2.71 bits per heavy atom. The summed E-state index contributed by atoms with van der Waals surface area (Å²) in [7, 11) is 0. The average molecular weight is 523 g/mol. The first-order chi connectivity index (χ1) is 13.6. The molecule has 1 atom stereocenters. The molecule has 5 nitrogen and oxygen atoms in total. The number of alkyl halides is 1. The zero-order chi connectivity index (χ0) is 19.7. The van der Waals surface area contributed by atoms with E-state index in [4.69, 9.17) is 11.6 Å². The molecule has 0 aliphatic carbocycles. The topological polar surface area (TPSA) is 59.8 Å². The SMILES string of the molecule is C[C@H](Nc1nc(CI)ns1)c1cc2cccc(Cl)c2c(=O)n1-c1ccccc1. The maximum atomic E-state index is 13.4. The summed E-state index contributed by atoms with van der Waals surface area (Å²) in [6.07, 6.45) is 0. The number of hydrogen-bond acceptors (Lipinski definition) is 5. The molecule has 0 fully saturated rings. The molecule has 2 aromatic heterocycles. The van der Waals surface area contributed by atoms with Gasteiger partial charge in [-0.05, 0) is 36.6 Å². The van der Waals surface area contributed by atoms with Gasteiger partial charge in [0, 0.05) is 22.9 Å². The van der Waals surface area contributed by atoms with E-state index in [0.29, 0.717) is 10.4 Å². The van der Waals surface area contributed by atoms with Crippen LogP contribution in [-0.4, -0.2) is 13.9 Å². The molecule has 142 valence electrons. The van der Waals surface area contributed by atoms with E-state index in [9.17, 15) is 4.79 Å². The molecule has 2 heterocycles. The van der Waals surface area contributed by atoms with Crippen molar-refractivity contribution in [1.82, 2.24) is 13.9 Å². The van der Waals surface area contributed by atoms with Gasteiger partial charge >= 0.3 is 0 Å². The van der Waals surface area contributed by atoms with Crippen LogP contribution in [0, 0.1) is 0 Å². The van der Waals surface area contributed by atoms with Crippen LogP contribution in [0.5, 0.6) is 0 Å². The summed E-state index contributed by atoms with van der Waals surface area (Å²) in [5.41, 5.74) is 1.49. The first-order valence-electron chi connectivity index (χ1n) is 8.63. The van der Waals surface area contributed by atoms with E-state index < -0.39 is 0 Å². The minimum atomic E-state index is -0.161. The van der Waals surface area contributed by atoms with E-state index in [1.54, 1.807) is 10.6 Å². The lowest BCUT2D eigenvalue weighted by molar-refractivity contribution is 0.776. The van der Waals surface area contributed by atoms with E-state index in [2.05, 4.69) is 37.3 Å². The molecule has 0 unspecified atom stereocenters. The summed E-state index contributed by atoms with van der Waals surface area (Å²) in [6.45, 7) is 2.01. The third-order valence-electron chi connectivity index (χ3n) is 4.41. The number of fused-ring (bicyclic) bond motifs is 1. The van der Waals surface area contributed by atoms with Gasteiger partial charge in [0.15, 0.2) is 5.82 Å². The highest BCUT2D eigenvalue weighted by Crippen LogP contribution is 2.27. The van der Waals surface area contributed by atoms with E-state index in [1.807, 2.05) is 55.5 Å². The first kappa shape index (κ1) is 19.4. The molecule has 0 saturated heterocycles. The minimum Gasteiger partial charge on any atom is -0.352 e. The number of rotatable bonds is 5. The third-order valence-corrected chi connectivity index (χ3v) is 6.09. The van der Waals surface area contributed by atoms with Gasteiger partial charge in [-0.3, -0.25) is 9.36 Å². The van der Waals surface area contributed by atoms with Gasteiger partial charge in [-0.25, -0.2) is 4.98 Å². The molecular weight excluding hydrogens is 507 g/mol. The lowest BCUT2D eigenvalue weighted by Crippen LogP contribution is -2.25. The van der Waals surface area contributed by atoms with Gasteiger partial charge in [-0.1, -0.05) is 64.5 Å². The summed E-state index contributed by atoms with van der Waals surface area (Å²) >= 11 is 9.92. The summed E-state index contributed by atoms with van der Waals surface area (Å²) in [5.74, 6) is 0.797. The van der Waals surface area contributed by atoms with Crippen LogP contribution in [0.2, 0.25) is 5.02 Å². The summed E-state index contributed by atoms with van der Waals surface area (Å²) < 4.78 is 6.79. The van der Waals surface area contributed by atoms with Gasteiger partial charge in [0.05, 0.1) is 20.9 Å². The Balaban J connectivity index is 1.89. The van der Waals surface area contributed by atoms with Gasteiger partial charge in [-0.15, -0.1) is 0 Å². The fraction of sp³-hybridized carbons (Fsp3) is 0.150. The molecular formula is C20H16ClIN4OS. The van der Waals surface area contributed by atoms with Crippen LogP contribution in [0.3, 0.4) is 0 Å². The van der Waals surface area contributed by atoms with Crippen molar-refractivity contribution < 1.29 is 0 Å². The molecule has 4 rings (SSSR count). The predicted octanol–water partition coefficient (Wildman–Crippen LogP) is 5.60. The van der Waals surface area contributed by atoms with Crippen LogP contribution in [0.1, 0.15) is 24.5 Å². The van der Waals surface area contributed by atoms with Crippen LogP contribution in [0.15, 0.2) is 59.4 Å². The molecule has 2 aromatic carbocycles. The maximum absolute atomic E-state index is 13.4. The molecule has 0 saturated carbocycles. The number of hydrogen-bond donors (Lipinski definition) is 1. The van der Waals surface area contributed by atoms with Gasteiger partial charge in [0.1, 0.15) is 0 Å². The molecule has 0 bridgehead atoms.